The predicted molar refractivity (Wildman–Crippen MR) is 49.6 cm³/mol. The van der Waals surface area contributed by atoms with E-state index >= 15 is 0 Å². The quantitative estimate of drug-likeness (QED) is 0.725. The number of ether oxygens (including phenoxy) is 2. The van der Waals surface area contributed by atoms with Crippen molar-refractivity contribution in [1.82, 2.24) is 10.1 Å². The lowest BCUT2D eigenvalue weighted by Crippen LogP contribution is -1.91. The van der Waals surface area contributed by atoms with Crippen LogP contribution >= 0.6 is 0 Å². The van der Waals surface area contributed by atoms with Gasteiger partial charge in [0.1, 0.15) is 11.1 Å². The van der Waals surface area contributed by atoms with E-state index in [-0.39, 0.29) is 0 Å². The number of pyridine rings is 1. The van der Waals surface area contributed by atoms with Crippen LogP contribution in [-0.4, -0.2) is 24.4 Å². The first-order valence-corrected chi connectivity index (χ1v) is 4.11. The second-order valence-corrected chi connectivity index (χ2v) is 2.82. The molecule has 0 saturated carbocycles. The summed E-state index contributed by atoms with van der Waals surface area (Å²) >= 11 is 0. The molecule has 14 heavy (non-hydrogen) atoms. The highest BCUT2D eigenvalue weighted by Gasteiger charge is 2.13. The lowest BCUT2D eigenvalue weighted by molar-refractivity contribution is 0.380. The molecule has 5 heteroatoms. The van der Waals surface area contributed by atoms with Crippen molar-refractivity contribution in [1.29, 1.82) is 0 Å². The van der Waals surface area contributed by atoms with E-state index in [0.717, 1.165) is 11.1 Å². The highest BCUT2D eigenvalue weighted by Crippen LogP contribution is 2.30. The summed E-state index contributed by atoms with van der Waals surface area (Å²) in [6, 6.07) is 1.70. The van der Waals surface area contributed by atoms with E-state index in [0.29, 0.717) is 17.3 Å². The first-order valence-electron chi connectivity index (χ1n) is 4.11. The fourth-order valence-corrected chi connectivity index (χ4v) is 1.30. The second kappa shape index (κ2) is 3.17. The first kappa shape index (κ1) is 8.80. The monoisotopic (exact) mass is 194 g/mol. The Morgan fingerprint density at radius 3 is 2.71 bits per heavy atom. The Morgan fingerprint density at radius 1 is 1.29 bits per heavy atom. The molecule has 2 aromatic rings. The molecule has 5 nitrogen and oxygen atoms in total. The van der Waals surface area contributed by atoms with Crippen molar-refractivity contribution >= 4 is 11.1 Å². The van der Waals surface area contributed by atoms with Gasteiger partial charge in [0.05, 0.1) is 19.9 Å². The van der Waals surface area contributed by atoms with Crippen molar-refractivity contribution in [2.75, 3.05) is 14.2 Å². The normalized spacial score (nSPS) is 10.5. The Labute approximate surface area is 80.6 Å². The van der Waals surface area contributed by atoms with Gasteiger partial charge in [-0.2, -0.15) is 4.98 Å². The van der Waals surface area contributed by atoms with E-state index in [1.54, 1.807) is 13.2 Å². The second-order valence-electron chi connectivity index (χ2n) is 2.82. The predicted octanol–water partition coefficient (Wildman–Crippen LogP) is 1.55. The van der Waals surface area contributed by atoms with Crippen LogP contribution in [0, 0.1) is 6.92 Å². The number of aromatic nitrogens is 2. The van der Waals surface area contributed by atoms with E-state index < -0.39 is 0 Å². The molecule has 0 unspecified atom stereocenters. The van der Waals surface area contributed by atoms with E-state index in [2.05, 4.69) is 10.1 Å². The van der Waals surface area contributed by atoms with Gasteiger partial charge in [0.2, 0.25) is 5.88 Å². The molecule has 0 aliphatic carbocycles. The average molecular weight is 194 g/mol. The van der Waals surface area contributed by atoms with Gasteiger partial charge in [-0.05, 0) is 6.92 Å². The van der Waals surface area contributed by atoms with Crippen LogP contribution in [0.15, 0.2) is 10.6 Å². The highest BCUT2D eigenvalue weighted by atomic mass is 16.5. The van der Waals surface area contributed by atoms with Gasteiger partial charge in [-0.25, -0.2) is 0 Å². The number of methoxy groups -OCH3 is 2. The van der Waals surface area contributed by atoms with Gasteiger partial charge < -0.3 is 14.0 Å². The van der Waals surface area contributed by atoms with E-state index in [9.17, 15) is 0 Å². The van der Waals surface area contributed by atoms with Crippen molar-refractivity contribution in [3.8, 4) is 11.6 Å². The Hall–Kier alpha value is -1.78. The third-order valence-corrected chi connectivity index (χ3v) is 1.99. The van der Waals surface area contributed by atoms with Crippen molar-refractivity contribution in [3.05, 3.63) is 11.8 Å². The summed E-state index contributed by atoms with van der Waals surface area (Å²) in [7, 11) is 3.12. The fraction of sp³-hybridized carbons (Fsp3) is 0.333. The van der Waals surface area contributed by atoms with E-state index in [1.165, 1.54) is 7.11 Å². The maximum absolute atomic E-state index is 5.19. The molecule has 0 bridgehead atoms. The van der Waals surface area contributed by atoms with Gasteiger partial charge in [0.15, 0.2) is 0 Å². The van der Waals surface area contributed by atoms with Crippen molar-refractivity contribution in [2.24, 2.45) is 0 Å². The largest absolute Gasteiger partial charge is 0.496 e. The third-order valence-electron chi connectivity index (χ3n) is 1.99. The minimum atomic E-state index is 0.429. The number of nitrogens with zero attached hydrogens (tertiary/aromatic N) is 2. The Bertz CT molecular complexity index is 464. The third kappa shape index (κ3) is 1.17. The molecule has 0 aromatic carbocycles. The lowest BCUT2D eigenvalue weighted by atomic mass is 10.2. The summed E-state index contributed by atoms with van der Waals surface area (Å²) in [5.74, 6) is 1.11. The SMILES string of the molecule is COc1cc(OC)c2c(C)noc2n1. The Balaban J connectivity index is 2.76. The number of hydrogen-bond acceptors (Lipinski definition) is 5. The summed E-state index contributed by atoms with van der Waals surface area (Å²) in [6.07, 6.45) is 0. The Kier molecular flexibility index (Phi) is 1.99. The number of hydrogen-bond donors (Lipinski definition) is 0. The molecule has 0 N–H and O–H groups in total. The molecule has 2 heterocycles. The maximum Gasteiger partial charge on any atom is 0.265 e. The fourth-order valence-electron chi connectivity index (χ4n) is 1.30. The zero-order valence-corrected chi connectivity index (χ0v) is 8.20. The molecule has 0 spiro atoms. The van der Waals surface area contributed by atoms with Crippen LogP contribution in [0.5, 0.6) is 11.6 Å². The number of aryl methyl sites for hydroxylation is 1. The molecule has 2 aromatic heterocycles. The van der Waals surface area contributed by atoms with Crippen LogP contribution in [0.25, 0.3) is 11.1 Å². The van der Waals surface area contributed by atoms with Gasteiger partial charge in [0.25, 0.3) is 5.71 Å². The minimum absolute atomic E-state index is 0.429. The molecule has 0 amide bonds. The summed E-state index contributed by atoms with van der Waals surface area (Å²) in [4.78, 5) is 4.09. The molecule has 0 aliphatic heterocycles. The molecule has 74 valence electrons. The zero-order valence-electron chi connectivity index (χ0n) is 8.20. The van der Waals surface area contributed by atoms with Crippen molar-refractivity contribution in [3.63, 3.8) is 0 Å². The van der Waals surface area contributed by atoms with Crippen LogP contribution in [-0.2, 0) is 0 Å². The van der Waals surface area contributed by atoms with Gasteiger partial charge in [-0.1, -0.05) is 5.16 Å². The molecule has 0 atom stereocenters. The molecule has 0 saturated heterocycles. The molecule has 0 fully saturated rings. The van der Waals surface area contributed by atoms with Gasteiger partial charge in [-0.3, -0.25) is 0 Å². The standard InChI is InChI=1S/C9H10N2O3/c1-5-8-6(12-2)4-7(13-3)10-9(8)14-11-5/h4H,1-3H3. The average Bonchev–Trinajstić information content (AvgIpc) is 2.59. The van der Waals surface area contributed by atoms with E-state index in [1.807, 2.05) is 6.92 Å². The van der Waals surface area contributed by atoms with Crippen molar-refractivity contribution < 1.29 is 14.0 Å². The maximum atomic E-state index is 5.19. The summed E-state index contributed by atoms with van der Waals surface area (Å²) in [5, 5.41) is 4.59. The number of fused-ring (bicyclic) bond motifs is 1. The topological polar surface area (TPSA) is 57.4 Å². The van der Waals surface area contributed by atoms with Gasteiger partial charge in [-0.15, -0.1) is 0 Å². The minimum Gasteiger partial charge on any atom is -0.496 e. The van der Waals surface area contributed by atoms with Crippen LogP contribution < -0.4 is 9.47 Å². The lowest BCUT2D eigenvalue weighted by Gasteiger charge is -2.03. The van der Waals surface area contributed by atoms with Crippen molar-refractivity contribution in [2.45, 2.75) is 6.92 Å². The number of rotatable bonds is 2. The van der Waals surface area contributed by atoms with Crippen LogP contribution in [0.2, 0.25) is 0 Å². The molecule has 0 radical (unpaired) electrons. The van der Waals surface area contributed by atoms with E-state index in [4.69, 9.17) is 14.0 Å². The van der Waals surface area contributed by atoms with Crippen LogP contribution in [0.4, 0.5) is 0 Å². The smallest absolute Gasteiger partial charge is 0.265 e. The molecular formula is C9H10N2O3. The Morgan fingerprint density at radius 2 is 2.07 bits per heavy atom. The summed E-state index contributed by atoms with van der Waals surface area (Å²) in [5.41, 5.74) is 1.19. The highest BCUT2D eigenvalue weighted by molar-refractivity contribution is 5.83. The zero-order chi connectivity index (χ0) is 10.1. The van der Waals surface area contributed by atoms with Crippen LogP contribution in [0.1, 0.15) is 5.69 Å². The van der Waals surface area contributed by atoms with Gasteiger partial charge in [0, 0.05) is 6.07 Å². The summed E-state index contributed by atoms with van der Waals surface area (Å²) in [6.45, 7) is 1.84. The molecular weight excluding hydrogens is 184 g/mol. The van der Waals surface area contributed by atoms with Gasteiger partial charge >= 0.3 is 0 Å². The molecule has 2 rings (SSSR count). The summed E-state index contributed by atoms with van der Waals surface area (Å²) < 4.78 is 15.2. The first-order chi connectivity index (χ1) is 6.76. The van der Waals surface area contributed by atoms with Crippen LogP contribution in [0.3, 0.4) is 0 Å². The molecule has 0 aliphatic rings.